The third kappa shape index (κ3) is 8.87. The molecule has 0 fully saturated rings. The van der Waals surface area contributed by atoms with E-state index in [1.807, 2.05) is 0 Å². The van der Waals surface area contributed by atoms with Crippen LogP contribution in [-0.2, 0) is 17.1 Å². The summed E-state index contributed by atoms with van der Waals surface area (Å²) in [4.78, 5) is 0. The zero-order chi connectivity index (χ0) is 0. The molecule has 0 heterocycles. The molecule has 4 heteroatoms. The van der Waals surface area contributed by atoms with E-state index in [1.54, 1.807) is 0 Å². The summed E-state index contributed by atoms with van der Waals surface area (Å²) in [5.74, 6) is 0. The van der Waals surface area contributed by atoms with E-state index in [1.165, 1.54) is 0 Å². The molecular formula is Br2MgMn. The molecule has 0 unspecified atom stereocenters. The van der Waals surface area contributed by atoms with E-state index in [4.69, 9.17) is 0 Å². The van der Waals surface area contributed by atoms with Gasteiger partial charge in [0.1, 0.15) is 0 Å². The topological polar surface area (TPSA) is 0 Å². The summed E-state index contributed by atoms with van der Waals surface area (Å²) >= 11 is 0. The molecule has 0 rings (SSSR count). The Bertz CT molecular complexity index is 6.00. The van der Waals surface area contributed by atoms with Crippen molar-refractivity contribution in [2.75, 3.05) is 0 Å². The average molecular weight is 239 g/mol. The normalized spacial score (nSPS) is 0. The predicted octanol–water partition coefficient (Wildman–Crippen LogP) is -6.38. The number of rotatable bonds is 0. The summed E-state index contributed by atoms with van der Waals surface area (Å²) in [6.07, 6.45) is 0. The zero-order valence-corrected chi connectivity index (χ0v) is 7.61. The van der Waals surface area contributed by atoms with Crippen LogP contribution < -0.4 is 34.0 Å². The molecule has 0 spiro atoms. The van der Waals surface area contributed by atoms with Crippen LogP contribution in [0, 0.1) is 0 Å². The maximum absolute atomic E-state index is 0. The third-order valence-corrected chi connectivity index (χ3v) is 0. The van der Waals surface area contributed by atoms with E-state index in [0.29, 0.717) is 0 Å². The quantitative estimate of drug-likeness (QED) is 0.369. The second kappa shape index (κ2) is 18.7. The molecule has 0 atom stereocenters. The molecule has 0 aromatic carbocycles. The van der Waals surface area contributed by atoms with E-state index in [2.05, 4.69) is 0 Å². The van der Waals surface area contributed by atoms with Crippen molar-refractivity contribution < 1.29 is 51.0 Å². The van der Waals surface area contributed by atoms with Gasteiger partial charge >= 0.3 is 23.1 Å². The number of halogens is 2. The Kier molecular flexibility index (Phi) is 160. The fraction of sp³-hybridized carbons (Fsp3) is 0. The smallest absolute Gasteiger partial charge is 1.00 e. The van der Waals surface area contributed by atoms with E-state index in [9.17, 15) is 0 Å². The van der Waals surface area contributed by atoms with Crippen molar-refractivity contribution in [1.82, 2.24) is 0 Å². The first-order valence-corrected chi connectivity index (χ1v) is 0. The predicted molar refractivity (Wildman–Crippen MR) is 5.75 cm³/mol. The Balaban J connectivity index is 0. The van der Waals surface area contributed by atoms with Crippen molar-refractivity contribution in [3.05, 3.63) is 0 Å². The van der Waals surface area contributed by atoms with E-state index >= 15 is 0 Å². The summed E-state index contributed by atoms with van der Waals surface area (Å²) in [7, 11) is 0. The first kappa shape index (κ1) is 34.1. The van der Waals surface area contributed by atoms with Gasteiger partial charge in [0.2, 0.25) is 0 Å². The van der Waals surface area contributed by atoms with Crippen LogP contribution >= 0.6 is 0 Å². The minimum atomic E-state index is 0. The minimum absolute atomic E-state index is 0. The average Bonchev–Trinajstić information content (AvgIpc) is 0. The van der Waals surface area contributed by atoms with E-state index < -0.39 is 0 Å². The Morgan fingerprint density at radius 3 is 0.750 bits per heavy atom. The van der Waals surface area contributed by atoms with Gasteiger partial charge in [-0.1, -0.05) is 0 Å². The number of hydrogen-bond acceptors (Lipinski definition) is 0. The van der Waals surface area contributed by atoms with Crippen LogP contribution in [0.25, 0.3) is 0 Å². The SMILES string of the molecule is [Br-].[Br-].[Mg+2].[Mn]. The summed E-state index contributed by atoms with van der Waals surface area (Å²) in [5.41, 5.74) is 0. The Morgan fingerprint density at radius 2 is 0.750 bits per heavy atom. The summed E-state index contributed by atoms with van der Waals surface area (Å²) in [6.45, 7) is 0. The van der Waals surface area contributed by atoms with E-state index in [-0.39, 0.29) is 74.1 Å². The molecule has 0 aromatic rings. The molecule has 0 aromatic heterocycles. The van der Waals surface area contributed by atoms with Gasteiger partial charge in [0.25, 0.3) is 0 Å². The Morgan fingerprint density at radius 1 is 0.750 bits per heavy atom. The Labute approximate surface area is 73.3 Å². The molecule has 0 nitrogen and oxygen atoms in total. The maximum atomic E-state index is 0. The van der Waals surface area contributed by atoms with Crippen LogP contribution in [-0.4, -0.2) is 23.1 Å². The van der Waals surface area contributed by atoms with Gasteiger partial charge in [0.05, 0.1) is 0 Å². The third-order valence-electron chi connectivity index (χ3n) is 0. The fourth-order valence-electron chi connectivity index (χ4n) is 0. The zero-order valence-electron chi connectivity index (χ0n) is 1.84. The molecule has 0 aliphatic carbocycles. The molecule has 0 aliphatic rings. The molecule has 4 heavy (non-hydrogen) atoms. The number of hydrogen-bond donors (Lipinski definition) is 0. The van der Waals surface area contributed by atoms with Gasteiger partial charge in [-0.3, -0.25) is 0 Å². The standard InChI is InChI=1S/2BrH.Mg.Mn/h2*1H;;/q;;+2;/p-2. The van der Waals surface area contributed by atoms with Crippen molar-refractivity contribution in [3.8, 4) is 0 Å². The molecular weight excluding hydrogens is 239 g/mol. The minimum Gasteiger partial charge on any atom is -1.00 e. The molecule has 0 bridgehead atoms. The van der Waals surface area contributed by atoms with Gasteiger partial charge in [0.15, 0.2) is 0 Å². The largest absolute Gasteiger partial charge is 2.00 e. The molecule has 0 saturated heterocycles. The van der Waals surface area contributed by atoms with Crippen LogP contribution in [0.2, 0.25) is 0 Å². The molecule has 23 valence electrons. The van der Waals surface area contributed by atoms with Crippen LogP contribution in [0.4, 0.5) is 0 Å². The monoisotopic (exact) mass is 237 g/mol. The van der Waals surface area contributed by atoms with Crippen molar-refractivity contribution in [3.63, 3.8) is 0 Å². The Hall–Kier alpha value is 2.25. The molecule has 0 amide bonds. The van der Waals surface area contributed by atoms with Crippen molar-refractivity contribution in [2.24, 2.45) is 0 Å². The van der Waals surface area contributed by atoms with Crippen LogP contribution in [0.1, 0.15) is 0 Å². The molecule has 0 saturated carbocycles. The maximum Gasteiger partial charge on any atom is 2.00 e. The summed E-state index contributed by atoms with van der Waals surface area (Å²) < 4.78 is 0. The summed E-state index contributed by atoms with van der Waals surface area (Å²) in [6, 6.07) is 0. The fourth-order valence-corrected chi connectivity index (χ4v) is 0. The first-order valence-electron chi connectivity index (χ1n) is 0. The van der Waals surface area contributed by atoms with Gasteiger partial charge in [-0.15, -0.1) is 0 Å². The van der Waals surface area contributed by atoms with Gasteiger partial charge in [-0.2, -0.15) is 0 Å². The van der Waals surface area contributed by atoms with Crippen molar-refractivity contribution >= 4 is 23.1 Å². The first-order chi connectivity index (χ1) is 0. The van der Waals surface area contributed by atoms with E-state index in [0.717, 1.165) is 0 Å². The van der Waals surface area contributed by atoms with Gasteiger partial charge in [-0.25, -0.2) is 0 Å². The second-order valence-electron chi connectivity index (χ2n) is 0. The van der Waals surface area contributed by atoms with Gasteiger partial charge in [-0.05, 0) is 0 Å². The van der Waals surface area contributed by atoms with Gasteiger partial charge in [0, 0.05) is 17.1 Å². The van der Waals surface area contributed by atoms with Crippen molar-refractivity contribution in [2.45, 2.75) is 0 Å². The van der Waals surface area contributed by atoms with Gasteiger partial charge < -0.3 is 34.0 Å². The van der Waals surface area contributed by atoms with Crippen LogP contribution in [0.15, 0.2) is 0 Å². The second-order valence-corrected chi connectivity index (χ2v) is 0. The molecule has 0 N–H and O–H groups in total. The van der Waals surface area contributed by atoms with Crippen molar-refractivity contribution in [1.29, 1.82) is 0 Å². The summed E-state index contributed by atoms with van der Waals surface area (Å²) in [5, 5.41) is 0. The van der Waals surface area contributed by atoms with Crippen LogP contribution in [0.5, 0.6) is 0 Å². The van der Waals surface area contributed by atoms with Crippen LogP contribution in [0.3, 0.4) is 0 Å². The molecule has 0 aliphatic heterocycles. The molecule has 1 radical (unpaired) electrons.